The van der Waals surface area contributed by atoms with Crippen molar-refractivity contribution in [3.05, 3.63) is 47.0 Å². The maximum absolute atomic E-state index is 13.5. The highest BCUT2D eigenvalue weighted by atomic mass is 19.1. The predicted molar refractivity (Wildman–Crippen MR) is 92.0 cm³/mol. The molecule has 1 aliphatic carbocycles. The maximum atomic E-state index is 13.5. The van der Waals surface area contributed by atoms with Gasteiger partial charge in [-0.15, -0.1) is 0 Å². The minimum absolute atomic E-state index is 0.0479. The number of aromatic amines is 1. The number of hydrogen-bond acceptors (Lipinski definition) is 3. The Balaban J connectivity index is 1.44. The molecular formula is C19H23FN4O. The third kappa shape index (κ3) is 3.43. The molecule has 0 radical (unpaired) electrons. The standard InChI is InChI=1S/C19H23FN4O/c1-12-2-4-13(5-3-12)8-17(25)24-10-15(9-20)16(11-24)19-21-18(22-23-19)14-6-7-14/h2-5,14-16H,6-11H2,1H3,(H,21,22,23). The van der Waals surface area contributed by atoms with Gasteiger partial charge in [0, 0.05) is 30.8 Å². The van der Waals surface area contributed by atoms with Crippen LogP contribution in [-0.4, -0.2) is 45.8 Å². The van der Waals surface area contributed by atoms with Crippen LogP contribution in [-0.2, 0) is 11.2 Å². The topological polar surface area (TPSA) is 61.9 Å². The van der Waals surface area contributed by atoms with Crippen molar-refractivity contribution in [2.45, 2.75) is 38.0 Å². The average molecular weight is 342 g/mol. The Labute approximate surface area is 146 Å². The highest BCUT2D eigenvalue weighted by Gasteiger charge is 2.39. The van der Waals surface area contributed by atoms with Gasteiger partial charge in [0.25, 0.3) is 0 Å². The number of aromatic nitrogens is 3. The summed E-state index contributed by atoms with van der Waals surface area (Å²) < 4.78 is 13.5. The van der Waals surface area contributed by atoms with E-state index in [1.807, 2.05) is 31.2 Å². The van der Waals surface area contributed by atoms with Crippen LogP contribution in [0.15, 0.2) is 24.3 Å². The van der Waals surface area contributed by atoms with Crippen molar-refractivity contribution in [2.75, 3.05) is 19.8 Å². The number of amides is 1. The minimum Gasteiger partial charge on any atom is -0.341 e. The summed E-state index contributed by atoms with van der Waals surface area (Å²) in [5.74, 6) is 1.79. The quantitative estimate of drug-likeness (QED) is 0.909. The first-order chi connectivity index (χ1) is 12.1. The molecule has 1 saturated heterocycles. The number of carbonyl (C=O) groups excluding carboxylic acids is 1. The van der Waals surface area contributed by atoms with E-state index in [4.69, 9.17) is 0 Å². The van der Waals surface area contributed by atoms with Crippen LogP contribution >= 0.6 is 0 Å². The van der Waals surface area contributed by atoms with Gasteiger partial charge in [-0.25, -0.2) is 4.98 Å². The number of likely N-dealkylation sites (tertiary alicyclic amines) is 1. The summed E-state index contributed by atoms with van der Waals surface area (Å²) in [5.41, 5.74) is 2.17. The van der Waals surface area contributed by atoms with Crippen molar-refractivity contribution >= 4 is 5.91 Å². The molecule has 2 heterocycles. The molecule has 2 aliphatic rings. The molecule has 1 N–H and O–H groups in total. The molecule has 6 heteroatoms. The van der Waals surface area contributed by atoms with Gasteiger partial charge in [0.1, 0.15) is 5.82 Å². The molecule has 1 aromatic carbocycles. The second-order valence-electron chi connectivity index (χ2n) is 7.34. The first kappa shape index (κ1) is 16.2. The number of rotatable bonds is 5. The lowest BCUT2D eigenvalue weighted by Gasteiger charge is -2.16. The Morgan fingerprint density at radius 3 is 2.72 bits per heavy atom. The molecule has 1 saturated carbocycles. The smallest absolute Gasteiger partial charge is 0.227 e. The molecule has 0 bridgehead atoms. The third-order valence-electron chi connectivity index (χ3n) is 5.28. The van der Waals surface area contributed by atoms with Gasteiger partial charge in [-0.3, -0.25) is 14.3 Å². The van der Waals surface area contributed by atoms with Crippen molar-refractivity contribution in [2.24, 2.45) is 5.92 Å². The maximum Gasteiger partial charge on any atom is 0.227 e. The van der Waals surface area contributed by atoms with E-state index in [1.165, 1.54) is 5.56 Å². The number of aryl methyl sites for hydroxylation is 1. The van der Waals surface area contributed by atoms with E-state index in [2.05, 4.69) is 15.2 Å². The van der Waals surface area contributed by atoms with E-state index in [1.54, 1.807) is 4.90 Å². The molecule has 1 amide bonds. The van der Waals surface area contributed by atoms with Gasteiger partial charge < -0.3 is 4.90 Å². The molecule has 2 unspecified atom stereocenters. The normalized spacial score (nSPS) is 23.2. The largest absolute Gasteiger partial charge is 0.341 e. The Hall–Kier alpha value is -2.24. The van der Waals surface area contributed by atoms with E-state index in [0.29, 0.717) is 25.4 Å². The van der Waals surface area contributed by atoms with Gasteiger partial charge in [-0.1, -0.05) is 29.8 Å². The molecule has 2 atom stereocenters. The Morgan fingerprint density at radius 2 is 2.04 bits per heavy atom. The van der Waals surface area contributed by atoms with Gasteiger partial charge in [0.05, 0.1) is 13.1 Å². The number of nitrogens with one attached hydrogen (secondary N) is 1. The summed E-state index contributed by atoms with van der Waals surface area (Å²) in [6, 6.07) is 7.97. The van der Waals surface area contributed by atoms with Crippen molar-refractivity contribution in [1.82, 2.24) is 20.1 Å². The Bertz CT molecular complexity index is 753. The van der Waals surface area contributed by atoms with Crippen LogP contribution in [0.2, 0.25) is 0 Å². The predicted octanol–water partition coefficient (Wildman–Crippen LogP) is 2.74. The zero-order valence-corrected chi connectivity index (χ0v) is 14.4. The van der Waals surface area contributed by atoms with E-state index >= 15 is 0 Å². The number of H-pyrrole nitrogens is 1. The summed E-state index contributed by atoms with van der Waals surface area (Å²) >= 11 is 0. The number of nitrogens with zero attached hydrogens (tertiary/aromatic N) is 3. The zero-order valence-electron chi connectivity index (χ0n) is 14.4. The van der Waals surface area contributed by atoms with E-state index in [-0.39, 0.29) is 17.7 Å². The summed E-state index contributed by atoms with van der Waals surface area (Å²) in [6.07, 6.45) is 2.63. The van der Waals surface area contributed by atoms with Gasteiger partial charge >= 0.3 is 0 Å². The lowest BCUT2D eigenvalue weighted by atomic mass is 9.97. The summed E-state index contributed by atoms with van der Waals surface area (Å²) in [7, 11) is 0. The van der Waals surface area contributed by atoms with Crippen LogP contribution in [0.4, 0.5) is 4.39 Å². The van der Waals surface area contributed by atoms with Gasteiger partial charge in [-0.2, -0.15) is 5.10 Å². The molecule has 2 fully saturated rings. The molecule has 4 rings (SSSR count). The molecule has 1 aromatic heterocycles. The van der Waals surface area contributed by atoms with Crippen molar-refractivity contribution < 1.29 is 9.18 Å². The van der Waals surface area contributed by atoms with Crippen LogP contribution < -0.4 is 0 Å². The van der Waals surface area contributed by atoms with Crippen LogP contribution in [0.25, 0.3) is 0 Å². The molecular weight excluding hydrogens is 319 g/mol. The summed E-state index contributed by atoms with van der Waals surface area (Å²) in [6.45, 7) is 2.54. The number of benzene rings is 1. The molecule has 2 aromatic rings. The van der Waals surface area contributed by atoms with Crippen molar-refractivity contribution in [1.29, 1.82) is 0 Å². The van der Waals surface area contributed by atoms with E-state index in [9.17, 15) is 9.18 Å². The SMILES string of the molecule is Cc1ccc(CC(=O)N2CC(CF)C(c3nc(C4CC4)n[nH]3)C2)cc1. The highest BCUT2D eigenvalue weighted by Crippen LogP contribution is 2.39. The number of halogens is 1. The average Bonchev–Trinajstić information content (AvgIpc) is 3.19. The fraction of sp³-hybridized carbons (Fsp3) is 0.526. The molecule has 1 aliphatic heterocycles. The number of carbonyl (C=O) groups is 1. The van der Waals surface area contributed by atoms with Crippen LogP contribution in [0, 0.1) is 12.8 Å². The first-order valence-electron chi connectivity index (χ1n) is 8.95. The molecule has 5 nitrogen and oxygen atoms in total. The minimum atomic E-state index is -0.446. The van der Waals surface area contributed by atoms with Crippen molar-refractivity contribution in [3.63, 3.8) is 0 Å². The van der Waals surface area contributed by atoms with Gasteiger partial charge in [0.2, 0.25) is 5.91 Å². The van der Waals surface area contributed by atoms with E-state index in [0.717, 1.165) is 30.1 Å². The highest BCUT2D eigenvalue weighted by molar-refractivity contribution is 5.79. The lowest BCUT2D eigenvalue weighted by molar-refractivity contribution is -0.129. The van der Waals surface area contributed by atoms with Crippen molar-refractivity contribution in [3.8, 4) is 0 Å². The summed E-state index contributed by atoms with van der Waals surface area (Å²) in [4.78, 5) is 19.0. The van der Waals surface area contributed by atoms with Crippen LogP contribution in [0.5, 0.6) is 0 Å². The second kappa shape index (κ2) is 6.58. The van der Waals surface area contributed by atoms with E-state index < -0.39 is 6.67 Å². The molecule has 0 spiro atoms. The number of hydrogen-bond donors (Lipinski definition) is 1. The molecule has 25 heavy (non-hydrogen) atoms. The lowest BCUT2D eigenvalue weighted by Crippen LogP contribution is -2.30. The third-order valence-corrected chi connectivity index (χ3v) is 5.28. The fourth-order valence-electron chi connectivity index (χ4n) is 3.51. The second-order valence-corrected chi connectivity index (χ2v) is 7.34. The zero-order chi connectivity index (χ0) is 17.4. The van der Waals surface area contributed by atoms with Crippen LogP contribution in [0.3, 0.4) is 0 Å². The number of alkyl halides is 1. The van der Waals surface area contributed by atoms with Gasteiger partial charge in [0.15, 0.2) is 5.82 Å². The van der Waals surface area contributed by atoms with Crippen LogP contribution in [0.1, 0.15) is 47.5 Å². The first-order valence-corrected chi connectivity index (χ1v) is 8.95. The Kier molecular flexibility index (Phi) is 4.27. The monoisotopic (exact) mass is 342 g/mol. The summed E-state index contributed by atoms with van der Waals surface area (Å²) in [5, 5.41) is 7.26. The Morgan fingerprint density at radius 1 is 1.28 bits per heavy atom. The molecule has 132 valence electrons. The fourth-order valence-corrected chi connectivity index (χ4v) is 3.51. The van der Waals surface area contributed by atoms with Gasteiger partial charge in [-0.05, 0) is 25.3 Å².